The second kappa shape index (κ2) is 8.39. The Balaban J connectivity index is 1.81. The summed E-state index contributed by atoms with van der Waals surface area (Å²) in [6.07, 6.45) is 0.918. The Morgan fingerprint density at radius 3 is 2.23 bits per heavy atom. The molecule has 0 saturated heterocycles. The molecule has 0 aliphatic heterocycles. The number of hydrogen-bond donors (Lipinski definition) is 1. The van der Waals surface area contributed by atoms with E-state index in [0.717, 1.165) is 35.0 Å². The highest BCUT2D eigenvalue weighted by molar-refractivity contribution is 7.80. The third-order valence-corrected chi connectivity index (χ3v) is 3.67. The van der Waals surface area contributed by atoms with Crippen molar-refractivity contribution in [3.8, 4) is 11.5 Å². The average molecular weight is 315 g/mol. The molecule has 2 aromatic rings. The van der Waals surface area contributed by atoms with E-state index in [2.05, 4.69) is 17.4 Å². The quantitative estimate of drug-likeness (QED) is 0.791. The van der Waals surface area contributed by atoms with Crippen LogP contribution >= 0.6 is 12.2 Å². The van der Waals surface area contributed by atoms with Crippen molar-refractivity contribution >= 4 is 17.2 Å². The highest BCUT2D eigenvalue weighted by Gasteiger charge is 2.02. The summed E-state index contributed by atoms with van der Waals surface area (Å²) < 4.78 is 10.6. The molecule has 1 N–H and O–H groups in total. The van der Waals surface area contributed by atoms with E-state index in [4.69, 9.17) is 21.7 Å². The molecule has 0 saturated carbocycles. The van der Waals surface area contributed by atoms with Gasteiger partial charge < -0.3 is 14.8 Å². The van der Waals surface area contributed by atoms with Crippen LogP contribution in [0.1, 0.15) is 18.1 Å². The summed E-state index contributed by atoms with van der Waals surface area (Å²) in [6, 6.07) is 15.9. The summed E-state index contributed by atoms with van der Waals surface area (Å²) >= 11 is 5.41. The number of thiocarbonyl (C=S) groups is 1. The molecule has 0 amide bonds. The monoisotopic (exact) mass is 315 g/mol. The van der Waals surface area contributed by atoms with Crippen LogP contribution in [-0.4, -0.2) is 25.2 Å². The maximum absolute atomic E-state index is 5.42. The third-order valence-electron chi connectivity index (χ3n) is 3.29. The second-order valence-corrected chi connectivity index (χ2v) is 5.22. The SMILES string of the molecule is CCOc1ccc(C(=S)NCCc2ccc(OC)cc2)cc1. The van der Waals surface area contributed by atoms with Gasteiger partial charge in [-0.3, -0.25) is 0 Å². The molecular formula is C18H21NO2S. The highest BCUT2D eigenvalue weighted by atomic mass is 32.1. The predicted molar refractivity (Wildman–Crippen MR) is 94.0 cm³/mol. The molecule has 116 valence electrons. The lowest BCUT2D eigenvalue weighted by Gasteiger charge is -2.09. The summed E-state index contributed by atoms with van der Waals surface area (Å²) in [5.41, 5.74) is 2.26. The van der Waals surface area contributed by atoms with Gasteiger partial charge in [0.05, 0.1) is 13.7 Å². The van der Waals surface area contributed by atoms with Crippen molar-refractivity contribution in [2.75, 3.05) is 20.3 Å². The summed E-state index contributed by atoms with van der Waals surface area (Å²) in [4.78, 5) is 0.761. The first kappa shape index (κ1) is 16.3. The van der Waals surface area contributed by atoms with Crippen molar-refractivity contribution in [1.29, 1.82) is 0 Å². The van der Waals surface area contributed by atoms with Gasteiger partial charge in [0.2, 0.25) is 0 Å². The zero-order chi connectivity index (χ0) is 15.8. The molecule has 22 heavy (non-hydrogen) atoms. The topological polar surface area (TPSA) is 30.5 Å². The Labute approximate surface area is 137 Å². The molecule has 0 heterocycles. The molecule has 0 fully saturated rings. The molecule has 0 aliphatic carbocycles. The van der Waals surface area contributed by atoms with Crippen LogP contribution in [0.4, 0.5) is 0 Å². The number of hydrogen-bond acceptors (Lipinski definition) is 3. The van der Waals surface area contributed by atoms with E-state index < -0.39 is 0 Å². The standard InChI is InChI=1S/C18H21NO2S/c1-3-21-17-10-6-15(7-11-17)18(22)19-13-12-14-4-8-16(20-2)9-5-14/h4-11H,3,12-13H2,1-2H3,(H,19,22). The minimum atomic E-state index is 0.671. The number of ether oxygens (including phenoxy) is 2. The molecule has 0 aromatic heterocycles. The Kier molecular flexibility index (Phi) is 6.22. The molecule has 0 aliphatic rings. The van der Waals surface area contributed by atoms with Crippen LogP contribution < -0.4 is 14.8 Å². The molecule has 0 spiro atoms. The fraction of sp³-hybridized carbons (Fsp3) is 0.278. The third kappa shape index (κ3) is 4.74. The lowest BCUT2D eigenvalue weighted by atomic mass is 10.1. The summed E-state index contributed by atoms with van der Waals surface area (Å²) in [6.45, 7) is 3.45. The fourth-order valence-electron chi connectivity index (χ4n) is 2.08. The Morgan fingerprint density at radius 2 is 1.64 bits per heavy atom. The Hall–Kier alpha value is -2.07. The van der Waals surface area contributed by atoms with E-state index in [1.807, 2.05) is 43.3 Å². The Morgan fingerprint density at radius 1 is 1.00 bits per heavy atom. The van der Waals surface area contributed by atoms with E-state index in [1.165, 1.54) is 5.56 Å². The van der Waals surface area contributed by atoms with Crippen LogP contribution in [0, 0.1) is 0 Å². The van der Waals surface area contributed by atoms with Crippen LogP contribution in [0.3, 0.4) is 0 Å². The van der Waals surface area contributed by atoms with Crippen molar-refractivity contribution in [3.63, 3.8) is 0 Å². The van der Waals surface area contributed by atoms with Crippen LogP contribution in [-0.2, 0) is 6.42 Å². The molecule has 3 nitrogen and oxygen atoms in total. The van der Waals surface area contributed by atoms with Crippen molar-refractivity contribution < 1.29 is 9.47 Å². The predicted octanol–water partition coefficient (Wildman–Crippen LogP) is 3.60. The number of benzene rings is 2. The summed E-state index contributed by atoms with van der Waals surface area (Å²) in [5, 5.41) is 3.29. The second-order valence-electron chi connectivity index (χ2n) is 4.81. The molecule has 0 radical (unpaired) electrons. The van der Waals surface area contributed by atoms with Gasteiger partial charge in [0.1, 0.15) is 16.5 Å². The summed E-state index contributed by atoms with van der Waals surface area (Å²) in [5.74, 6) is 1.74. The van der Waals surface area contributed by atoms with Gasteiger partial charge >= 0.3 is 0 Å². The first-order valence-corrected chi connectivity index (χ1v) is 7.77. The number of methoxy groups -OCH3 is 1. The van der Waals surface area contributed by atoms with E-state index in [1.54, 1.807) is 7.11 Å². The molecule has 2 aromatic carbocycles. The molecule has 0 unspecified atom stereocenters. The normalized spacial score (nSPS) is 10.1. The van der Waals surface area contributed by atoms with Crippen molar-refractivity contribution in [3.05, 3.63) is 59.7 Å². The minimum Gasteiger partial charge on any atom is -0.497 e. The minimum absolute atomic E-state index is 0.671. The zero-order valence-electron chi connectivity index (χ0n) is 13.0. The van der Waals surface area contributed by atoms with Crippen LogP contribution in [0.15, 0.2) is 48.5 Å². The smallest absolute Gasteiger partial charge is 0.119 e. The first-order chi connectivity index (χ1) is 10.7. The lowest BCUT2D eigenvalue weighted by molar-refractivity contribution is 0.340. The zero-order valence-corrected chi connectivity index (χ0v) is 13.8. The summed E-state index contributed by atoms with van der Waals surface area (Å²) in [7, 11) is 1.67. The van der Waals surface area contributed by atoms with E-state index in [-0.39, 0.29) is 0 Å². The first-order valence-electron chi connectivity index (χ1n) is 7.37. The Bertz CT molecular complexity index is 593. The maximum Gasteiger partial charge on any atom is 0.119 e. The van der Waals surface area contributed by atoms with Crippen LogP contribution in [0.2, 0.25) is 0 Å². The molecule has 2 rings (SSSR count). The van der Waals surface area contributed by atoms with Gasteiger partial charge in [-0.2, -0.15) is 0 Å². The van der Waals surface area contributed by atoms with E-state index in [0.29, 0.717) is 6.61 Å². The molecule has 0 bridgehead atoms. The average Bonchev–Trinajstić information content (AvgIpc) is 2.56. The fourth-order valence-corrected chi connectivity index (χ4v) is 2.32. The molecule has 0 atom stereocenters. The highest BCUT2D eigenvalue weighted by Crippen LogP contribution is 2.13. The van der Waals surface area contributed by atoms with Crippen molar-refractivity contribution in [2.24, 2.45) is 0 Å². The maximum atomic E-state index is 5.42. The van der Waals surface area contributed by atoms with Gasteiger partial charge in [0.25, 0.3) is 0 Å². The number of rotatable bonds is 7. The van der Waals surface area contributed by atoms with Gasteiger partial charge in [-0.1, -0.05) is 24.4 Å². The van der Waals surface area contributed by atoms with Crippen molar-refractivity contribution in [2.45, 2.75) is 13.3 Å². The van der Waals surface area contributed by atoms with Crippen LogP contribution in [0.5, 0.6) is 11.5 Å². The van der Waals surface area contributed by atoms with Crippen LogP contribution in [0.25, 0.3) is 0 Å². The lowest BCUT2D eigenvalue weighted by Crippen LogP contribution is -2.24. The molecular weight excluding hydrogens is 294 g/mol. The van der Waals surface area contributed by atoms with Gasteiger partial charge in [-0.15, -0.1) is 0 Å². The van der Waals surface area contributed by atoms with Crippen molar-refractivity contribution in [1.82, 2.24) is 5.32 Å². The van der Waals surface area contributed by atoms with E-state index in [9.17, 15) is 0 Å². The molecule has 4 heteroatoms. The van der Waals surface area contributed by atoms with Gasteiger partial charge in [0, 0.05) is 12.1 Å². The van der Waals surface area contributed by atoms with E-state index >= 15 is 0 Å². The van der Waals surface area contributed by atoms with Gasteiger partial charge in [-0.25, -0.2) is 0 Å². The number of nitrogens with one attached hydrogen (secondary N) is 1. The van der Waals surface area contributed by atoms with Gasteiger partial charge in [-0.05, 0) is 55.3 Å². The van der Waals surface area contributed by atoms with Gasteiger partial charge in [0.15, 0.2) is 0 Å². The largest absolute Gasteiger partial charge is 0.497 e.